The number of benzene rings is 7. The lowest BCUT2D eigenvalue weighted by atomic mass is 9.83. The van der Waals surface area contributed by atoms with Crippen molar-refractivity contribution in [2.75, 3.05) is 5.32 Å². The first kappa shape index (κ1) is 30.4. The highest BCUT2D eigenvalue weighted by atomic mass is 19.1. The maximum Gasteiger partial charge on any atom is 0.336 e. The Bertz CT molecular complexity index is 2430. The van der Waals surface area contributed by atoms with Gasteiger partial charge in [0.25, 0.3) is 5.91 Å². The van der Waals surface area contributed by atoms with E-state index in [4.69, 9.17) is 0 Å². The van der Waals surface area contributed by atoms with Gasteiger partial charge in [0.15, 0.2) is 5.78 Å². The second-order valence-electron chi connectivity index (χ2n) is 11.6. The van der Waals surface area contributed by atoms with Crippen LogP contribution in [0.3, 0.4) is 0 Å². The maximum atomic E-state index is 13.7. The maximum absolute atomic E-state index is 13.7. The van der Waals surface area contributed by atoms with Gasteiger partial charge in [0.1, 0.15) is 11.6 Å². The lowest BCUT2D eigenvalue weighted by Gasteiger charge is -2.19. The quantitative estimate of drug-likeness (QED) is 0.0823. The zero-order valence-corrected chi connectivity index (χ0v) is 25.1. The summed E-state index contributed by atoms with van der Waals surface area (Å²) in [5.74, 6) is -4.10. The van der Waals surface area contributed by atoms with Gasteiger partial charge in [-0.1, -0.05) is 42.5 Å². The largest absolute Gasteiger partial charge is 0.478 e. The first-order valence-corrected chi connectivity index (χ1v) is 15.1. The molecule has 7 rings (SSSR count). The minimum Gasteiger partial charge on any atom is -0.478 e. The Morgan fingerprint density at radius 2 is 0.958 bits per heavy atom. The van der Waals surface area contributed by atoms with Crippen LogP contribution in [0.1, 0.15) is 59.8 Å². The summed E-state index contributed by atoms with van der Waals surface area (Å²) in [7, 11) is 0. The summed E-state index contributed by atoms with van der Waals surface area (Å²) in [6.07, 6.45) is 1.14. The number of carboxylic acids is 2. The molecule has 3 N–H and O–H groups in total. The number of carboxylic acid groups (broad SMARTS) is 2. The molecule has 0 saturated heterocycles. The highest BCUT2D eigenvalue weighted by molar-refractivity contribution is 6.38. The van der Waals surface area contributed by atoms with E-state index in [0.29, 0.717) is 50.8 Å². The molecule has 0 heterocycles. The molecule has 7 aromatic carbocycles. The number of fused-ring (bicyclic) bond motifs is 2. The summed E-state index contributed by atoms with van der Waals surface area (Å²) in [5, 5.41) is 27.0. The van der Waals surface area contributed by atoms with Crippen molar-refractivity contribution >= 4 is 72.4 Å². The number of hydrogen-bond acceptors (Lipinski definition) is 4. The Morgan fingerprint density at radius 3 is 1.46 bits per heavy atom. The molecule has 0 aliphatic carbocycles. The van der Waals surface area contributed by atoms with Crippen LogP contribution in [0, 0.1) is 11.6 Å². The summed E-state index contributed by atoms with van der Waals surface area (Å²) < 4.78 is 26.8. The predicted octanol–water partition coefficient (Wildman–Crippen LogP) is 8.87. The van der Waals surface area contributed by atoms with Gasteiger partial charge in [-0.05, 0) is 105 Å². The third kappa shape index (κ3) is 5.15. The van der Waals surface area contributed by atoms with E-state index in [-0.39, 0.29) is 51.0 Å². The van der Waals surface area contributed by atoms with Crippen LogP contribution in [0.2, 0.25) is 0 Å². The lowest BCUT2D eigenvalue weighted by Crippen LogP contribution is -2.14. The van der Waals surface area contributed by atoms with Gasteiger partial charge in [-0.15, -0.1) is 0 Å². The Hall–Kier alpha value is -6.22. The van der Waals surface area contributed by atoms with Crippen molar-refractivity contribution in [3.8, 4) is 0 Å². The summed E-state index contributed by atoms with van der Waals surface area (Å²) in [6.45, 7) is 0. The molecule has 0 aliphatic rings. The molecule has 0 aromatic heterocycles. The van der Waals surface area contributed by atoms with E-state index in [1.807, 2.05) is 0 Å². The van der Waals surface area contributed by atoms with Crippen LogP contribution >= 0.6 is 0 Å². The van der Waals surface area contributed by atoms with Gasteiger partial charge in [0.05, 0.1) is 11.1 Å². The van der Waals surface area contributed by atoms with E-state index in [1.54, 1.807) is 42.5 Å². The van der Waals surface area contributed by atoms with Crippen molar-refractivity contribution in [2.24, 2.45) is 0 Å². The van der Waals surface area contributed by atoms with Crippen molar-refractivity contribution < 1.29 is 38.2 Å². The highest BCUT2D eigenvalue weighted by Crippen LogP contribution is 2.44. The van der Waals surface area contributed by atoms with Crippen LogP contribution in [-0.2, 0) is 6.42 Å². The summed E-state index contributed by atoms with van der Waals surface area (Å²) in [6, 6.07) is 23.9. The Balaban J connectivity index is 1.41. The number of amides is 1. The number of halogens is 2. The monoisotopic (exact) mass is 641 g/mol. The van der Waals surface area contributed by atoms with Crippen molar-refractivity contribution in [2.45, 2.75) is 19.3 Å². The van der Waals surface area contributed by atoms with Crippen molar-refractivity contribution in [3.05, 3.63) is 137 Å². The summed E-state index contributed by atoms with van der Waals surface area (Å²) in [4.78, 5) is 52.2. The number of hydrogen-bond donors (Lipinski definition) is 3. The predicted molar refractivity (Wildman–Crippen MR) is 180 cm³/mol. The molecular weight excluding hydrogens is 616 g/mol. The molecule has 0 aliphatic heterocycles. The van der Waals surface area contributed by atoms with E-state index in [9.17, 15) is 38.2 Å². The molecule has 0 fully saturated rings. The minimum absolute atomic E-state index is 0.0466. The smallest absolute Gasteiger partial charge is 0.336 e. The van der Waals surface area contributed by atoms with Crippen LogP contribution in [0.25, 0.3) is 43.1 Å². The Labute approximate surface area is 271 Å². The van der Waals surface area contributed by atoms with Crippen LogP contribution < -0.4 is 5.32 Å². The number of carbonyl (C=O) groups is 4. The molecule has 0 radical (unpaired) electrons. The van der Waals surface area contributed by atoms with Crippen molar-refractivity contribution in [1.82, 2.24) is 0 Å². The van der Waals surface area contributed by atoms with E-state index < -0.39 is 23.7 Å². The number of Topliss-reactive ketones (excluding diaryl/α,β-unsaturated/α-hetero) is 1. The Kier molecular flexibility index (Phi) is 7.52. The van der Waals surface area contributed by atoms with Crippen molar-refractivity contribution in [1.29, 1.82) is 0 Å². The fourth-order valence-corrected chi connectivity index (χ4v) is 6.64. The molecule has 1 amide bonds. The second kappa shape index (κ2) is 11.9. The van der Waals surface area contributed by atoms with Gasteiger partial charge < -0.3 is 15.5 Å². The second-order valence-corrected chi connectivity index (χ2v) is 11.6. The molecular formula is C39H25F2NO6. The number of carbonyl (C=O) groups excluding carboxylic acids is 2. The molecule has 0 atom stereocenters. The fourth-order valence-electron chi connectivity index (χ4n) is 6.64. The standard InChI is InChI=1S/C39H25F2NO6/c40-21-6-4-20(5-7-21)2-1-3-32(43)28-16-12-24-27-15-19-31(39(47)48)36-29(37(44)42-23-10-8-22(41)9-11-23)17-13-25(34(27)36)26-14-18-30(38(45)46)35(28)33(24)26/h4-19H,1-3H2,(H,42,44)(H,45,46)(H,47,48). The van der Waals surface area contributed by atoms with Crippen LogP contribution in [0.4, 0.5) is 14.5 Å². The molecule has 0 spiro atoms. The number of nitrogens with one attached hydrogen (secondary N) is 1. The number of ketones is 1. The number of aromatic carboxylic acids is 2. The van der Waals surface area contributed by atoms with Gasteiger partial charge >= 0.3 is 11.9 Å². The molecule has 0 unspecified atom stereocenters. The van der Waals surface area contributed by atoms with Gasteiger partial charge in [-0.3, -0.25) is 9.59 Å². The lowest BCUT2D eigenvalue weighted by molar-refractivity contribution is 0.0688. The van der Waals surface area contributed by atoms with Gasteiger partial charge in [-0.25, -0.2) is 18.4 Å². The molecule has 7 aromatic rings. The SMILES string of the molecule is O=C(O)c1ccc2c3ccc(C(=O)Nc4ccc(F)cc4)c4c(C(=O)O)ccc(c5ccc(C(=O)CCCc6ccc(F)cc6)c1c52)c43. The third-order valence-corrected chi connectivity index (χ3v) is 8.79. The fraction of sp³-hybridized carbons (Fsp3) is 0.0769. The van der Waals surface area contributed by atoms with E-state index in [2.05, 4.69) is 5.32 Å². The molecule has 9 heteroatoms. The summed E-state index contributed by atoms with van der Waals surface area (Å²) >= 11 is 0. The summed E-state index contributed by atoms with van der Waals surface area (Å²) in [5.41, 5.74) is 1.40. The minimum atomic E-state index is -1.24. The van der Waals surface area contributed by atoms with E-state index >= 15 is 0 Å². The normalized spacial score (nSPS) is 11.5. The third-order valence-electron chi connectivity index (χ3n) is 8.79. The molecule has 236 valence electrons. The van der Waals surface area contributed by atoms with Gasteiger partial charge in [-0.2, -0.15) is 0 Å². The number of anilines is 1. The van der Waals surface area contributed by atoms with Gasteiger partial charge in [0, 0.05) is 34.0 Å². The first-order chi connectivity index (χ1) is 23.1. The van der Waals surface area contributed by atoms with Crippen molar-refractivity contribution in [3.63, 3.8) is 0 Å². The van der Waals surface area contributed by atoms with Crippen LogP contribution in [-0.4, -0.2) is 33.8 Å². The number of rotatable bonds is 9. The van der Waals surface area contributed by atoms with Gasteiger partial charge in [0.2, 0.25) is 0 Å². The average molecular weight is 642 g/mol. The van der Waals surface area contributed by atoms with E-state index in [0.717, 1.165) is 5.56 Å². The average Bonchev–Trinajstić information content (AvgIpc) is 3.08. The molecule has 7 nitrogen and oxygen atoms in total. The first-order valence-electron chi connectivity index (χ1n) is 15.1. The molecule has 0 saturated carbocycles. The molecule has 0 bridgehead atoms. The highest BCUT2D eigenvalue weighted by Gasteiger charge is 2.25. The Morgan fingerprint density at radius 1 is 0.521 bits per heavy atom. The van der Waals surface area contributed by atoms with Crippen LogP contribution in [0.15, 0.2) is 97.1 Å². The molecule has 48 heavy (non-hydrogen) atoms. The zero-order valence-electron chi connectivity index (χ0n) is 25.1. The van der Waals surface area contributed by atoms with E-state index in [1.165, 1.54) is 54.6 Å². The number of aryl methyl sites for hydroxylation is 1. The topological polar surface area (TPSA) is 121 Å². The van der Waals surface area contributed by atoms with Crippen LogP contribution in [0.5, 0.6) is 0 Å². The zero-order chi connectivity index (χ0) is 33.7.